The highest BCUT2D eigenvalue weighted by Crippen LogP contribution is 2.45. The lowest BCUT2D eigenvalue weighted by molar-refractivity contribution is -0.384. The number of carbonyl (C=O) groups excluding carboxylic acids is 1. The van der Waals surface area contributed by atoms with Crippen LogP contribution in [0.1, 0.15) is 32.8 Å². The maximum atomic E-state index is 12.1. The Labute approximate surface area is 140 Å². The first kappa shape index (κ1) is 16.3. The fraction of sp³-hybridized carbons (Fsp3) is 0.471. The summed E-state index contributed by atoms with van der Waals surface area (Å²) in [4.78, 5) is 24.1. The Morgan fingerprint density at radius 2 is 2.17 bits per heavy atom. The number of hydrogen-bond acceptors (Lipinski definition) is 5. The van der Waals surface area contributed by atoms with Crippen molar-refractivity contribution in [3.8, 4) is 5.75 Å². The molecule has 0 saturated carbocycles. The Bertz CT molecular complexity index is 722. The van der Waals surface area contributed by atoms with Gasteiger partial charge in [-0.3, -0.25) is 15.0 Å². The summed E-state index contributed by atoms with van der Waals surface area (Å²) in [7, 11) is 0. The van der Waals surface area contributed by atoms with Crippen LogP contribution >= 0.6 is 0 Å². The minimum atomic E-state index is -0.540. The van der Waals surface area contributed by atoms with Gasteiger partial charge in [-0.05, 0) is 33.3 Å². The first-order chi connectivity index (χ1) is 11.2. The summed E-state index contributed by atoms with van der Waals surface area (Å²) in [6.07, 6.45) is 3.94. The molecule has 1 aromatic rings. The number of hydrogen-bond donors (Lipinski definition) is 0. The minimum Gasteiger partial charge on any atom is -0.492 e. The van der Waals surface area contributed by atoms with Crippen molar-refractivity contribution >= 4 is 11.8 Å². The number of fused-ring (bicyclic) bond motifs is 2. The summed E-state index contributed by atoms with van der Waals surface area (Å²) in [6, 6.07) is 4.69. The standard InChI is InChI=1S/C17H20N2O5/c1-16(2,3)24-15(20)18-8-6-17(7-9-18)11-23-14-10-12(19(21)22)4-5-13(14)17/h4-6,8,10H,7,9,11H2,1-3H3. The fourth-order valence-corrected chi connectivity index (χ4v) is 2.97. The molecule has 1 aromatic carbocycles. The van der Waals surface area contributed by atoms with Crippen LogP contribution in [0.3, 0.4) is 0 Å². The predicted octanol–water partition coefficient (Wildman–Crippen LogP) is 3.38. The molecule has 1 atom stereocenters. The Balaban J connectivity index is 1.81. The zero-order chi connectivity index (χ0) is 17.5. The van der Waals surface area contributed by atoms with Gasteiger partial charge in [-0.15, -0.1) is 0 Å². The number of nitro benzene ring substituents is 1. The van der Waals surface area contributed by atoms with E-state index in [0.717, 1.165) is 5.56 Å². The smallest absolute Gasteiger partial charge is 0.414 e. The third-order valence-electron chi connectivity index (χ3n) is 4.20. The Morgan fingerprint density at radius 3 is 2.75 bits per heavy atom. The fourth-order valence-electron chi connectivity index (χ4n) is 2.97. The normalized spacial score (nSPS) is 22.2. The number of rotatable bonds is 1. The van der Waals surface area contributed by atoms with Crippen molar-refractivity contribution in [2.75, 3.05) is 13.2 Å². The van der Waals surface area contributed by atoms with Gasteiger partial charge in [0.25, 0.3) is 5.69 Å². The van der Waals surface area contributed by atoms with E-state index in [4.69, 9.17) is 9.47 Å². The molecule has 0 fully saturated rings. The van der Waals surface area contributed by atoms with Crippen LogP contribution in [0.4, 0.5) is 10.5 Å². The molecule has 1 amide bonds. The molecule has 2 aliphatic rings. The van der Waals surface area contributed by atoms with Gasteiger partial charge in [0.15, 0.2) is 0 Å². The first-order valence-electron chi connectivity index (χ1n) is 7.81. The molecule has 7 nitrogen and oxygen atoms in total. The second-order valence-corrected chi connectivity index (χ2v) is 7.12. The molecule has 0 saturated heterocycles. The lowest BCUT2D eigenvalue weighted by atomic mass is 9.78. The van der Waals surface area contributed by atoms with Gasteiger partial charge in [0.2, 0.25) is 0 Å². The molecule has 0 radical (unpaired) electrons. The molecular weight excluding hydrogens is 312 g/mol. The zero-order valence-electron chi connectivity index (χ0n) is 13.9. The Hall–Kier alpha value is -2.57. The lowest BCUT2D eigenvalue weighted by Crippen LogP contribution is -2.41. The third-order valence-corrected chi connectivity index (χ3v) is 4.20. The lowest BCUT2D eigenvalue weighted by Gasteiger charge is -2.33. The summed E-state index contributed by atoms with van der Waals surface area (Å²) in [5.41, 5.74) is 0.0551. The van der Waals surface area contributed by atoms with E-state index >= 15 is 0 Å². The van der Waals surface area contributed by atoms with Gasteiger partial charge in [-0.2, -0.15) is 0 Å². The van der Waals surface area contributed by atoms with Crippen molar-refractivity contribution in [1.82, 2.24) is 4.90 Å². The number of amides is 1. The number of benzene rings is 1. The van der Waals surface area contributed by atoms with Crippen molar-refractivity contribution < 1.29 is 19.2 Å². The molecular formula is C17H20N2O5. The summed E-state index contributed by atoms with van der Waals surface area (Å²) in [5.74, 6) is 0.541. The van der Waals surface area contributed by atoms with Gasteiger partial charge in [-0.1, -0.05) is 6.08 Å². The summed E-state index contributed by atoms with van der Waals surface area (Å²) in [5, 5.41) is 10.9. The third kappa shape index (κ3) is 2.93. The largest absolute Gasteiger partial charge is 0.492 e. The average Bonchev–Trinajstić information content (AvgIpc) is 2.84. The van der Waals surface area contributed by atoms with Crippen LogP contribution in [0.5, 0.6) is 5.75 Å². The molecule has 2 heterocycles. The second-order valence-electron chi connectivity index (χ2n) is 7.12. The second kappa shape index (κ2) is 5.51. The number of carbonyl (C=O) groups is 1. The Morgan fingerprint density at radius 1 is 1.42 bits per heavy atom. The van der Waals surface area contributed by atoms with Crippen molar-refractivity contribution in [3.05, 3.63) is 46.2 Å². The van der Waals surface area contributed by atoms with E-state index in [0.29, 0.717) is 25.3 Å². The highest BCUT2D eigenvalue weighted by atomic mass is 16.6. The van der Waals surface area contributed by atoms with E-state index in [2.05, 4.69) is 0 Å². The van der Waals surface area contributed by atoms with Crippen molar-refractivity contribution in [2.45, 2.75) is 38.2 Å². The van der Waals surface area contributed by atoms with Crippen LogP contribution in [0.25, 0.3) is 0 Å². The SMILES string of the molecule is CC(C)(C)OC(=O)N1C=CC2(CC1)COc1cc([N+](=O)[O-])ccc12. The molecule has 24 heavy (non-hydrogen) atoms. The molecule has 1 unspecified atom stereocenters. The van der Waals surface area contributed by atoms with Gasteiger partial charge in [0, 0.05) is 24.4 Å². The number of nitro groups is 1. The maximum Gasteiger partial charge on any atom is 0.414 e. The van der Waals surface area contributed by atoms with Gasteiger partial charge in [0.05, 0.1) is 16.4 Å². The zero-order valence-corrected chi connectivity index (χ0v) is 13.9. The molecule has 0 bridgehead atoms. The average molecular weight is 332 g/mol. The van der Waals surface area contributed by atoms with Gasteiger partial charge in [0.1, 0.15) is 18.0 Å². The van der Waals surface area contributed by atoms with E-state index in [1.807, 2.05) is 26.8 Å². The number of nitrogens with zero attached hydrogens (tertiary/aromatic N) is 2. The predicted molar refractivity (Wildman–Crippen MR) is 87.0 cm³/mol. The first-order valence-corrected chi connectivity index (χ1v) is 7.81. The molecule has 1 spiro atoms. The van der Waals surface area contributed by atoms with Crippen molar-refractivity contribution in [3.63, 3.8) is 0 Å². The van der Waals surface area contributed by atoms with E-state index in [1.165, 1.54) is 12.1 Å². The van der Waals surface area contributed by atoms with Gasteiger partial charge in [-0.25, -0.2) is 4.79 Å². The number of non-ortho nitro benzene ring substituents is 1. The molecule has 7 heteroatoms. The monoisotopic (exact) mass is 332 g/mol. The van der Waals surface area contributed by atoms with Crippen LogP contribution in [0.15, 0.2) is 30.5 Å². The van der Waals surface area contributed by atoms with Crippen LogP contribution in [-0.2, 0) is 10.2 Å². The molecule has 0 aromatic heterocycles. The maximum absolute atomic E-state index is 12.1. The van der Waals surface area contributed by atoms with Gasteiger partial charge >= 0.3 is 6.09 Å². The highest BCUT2D eigenvalue weighted by molar-refractivity contribution is 5.70. The molecule has 0 aliphatic carbocycles. The van der Waals surface area contributed by atoms with Crippen molar-refractivity contribution in [2.24, 2.45) is 0 Å². The summed E-state index contributed by atoms with van der Waals surface area (Å²) >= 11 is 0. The van der Waals surface area contributed by atoms with Gasteiger partial charge < -0.3 is 9.47 Å². The van der Waals surface area contributed by atoms with Crippen LogP contribution in [-0.4, -0.2) is 34.7 Å². The molecule has 2 aliphatic heterocycles. The minimum absolute atomic E-state index is 0.0148. The summed E-state index contributed by atoms with van der Waals surface area (Å²) < 4.78 is 11.0. The molecule has 3 rings (SSSR count). The van der Waals surface area contributed by atoms with Crippen LogP contribution in [0, 0.1) is 10.1 Å². The topological polar surface area (TPSA) is 81.9 Å². The van der Waals surface area contributed by atoms with Crippen LogP contribution in [0.2, 0.25) is 0 Å². The van der Waals surface area contributed by atoms with E-state index in [1.54, 1.807) is 17.2 Å². The Kier molecular flexibility index (Phi) is 3.74. The molecule has 128 valence electrons. The van der Waals surface area contributed by atoms with Crippen LogP contribution < -0.4 is 4.74 Å². The van der Waals surface area contributed by atoms with E-state index in [-0.39, 0.29) is 17.2 Å². The van der Waals surface area contributed by atoms with E-state index < -0.39 is 10.5 Å². The quantitative estimate of drug-likeness (QED) is 0.581. The van der Waals surface area contributed by atoms with E-state index in [9.17, 15) is 14.9 Å². The number of ether oxygens (including phenoxy) is 2. The summed E-state index contributed by atoms with van der Waals surface area (Å²) in [6.45, 7) is 6.41. The molecule has 0 N–H and O–H groups in total. The highest BCUT2D eigenvalue weighted by Gasteiger charge is 2.42. The van der Waals surface area contributed by atoms with Crippen molar-refractivity contribution in [1.29, 1.82) is 0 Å².